The molecule has 0 bridgehead atoms. The van der Waals surface area contributed by atoms with Crippen LogP contribution in [0.25, 0.3) is 0 Å². The zero-order valence-electron chi connectivity index (χ0n) is 12.3. The average Bonchev–Trinajstić information content (AvgIpc) is 3.26. The van der Waals surface area contributed by atoms with Crippen LogP contribution in [0.5, 0.6) is 0 Å². The molecule has 22 heavy (non-hydrogen) atoms. The lowest BCUT2D eigenvalue weighted by atomic mass is 10.2. The van der Waals surface area contributed by atoms with Gasteiger partial charge in [0.2, 0.25) is 10.0 Å². The molecule has 0 unspecified atom stereocenters. The molecule has 2 fully saturated rings. The fraction of sp³-hybridized carbons (Fsp3) is 0.643. The van der Waals surface area contributed by atoms with Gasteiger partial charge in [0.15, 0.2) is 0 Å². The zero-order valence-corrected chi connectivity index (χ0v) is 13.9. The fourth-order valence-electron chi connectivity index (χ4n) is 2.83. The maximum absolute atomic E-state index is 12.6. The average molecular weight is 344 g/mol. The quantitative estimate of drug-likeness (QED) is 0.877. The van der Waals surface area contributed by atoms with Crippen molar-refractivity contribution in [2.75, 3.05) is 26.2 Å². The van der Waals surface area contributed by atoms with Crippen molar-refractivity contribution >= 4 is 27.3 Å². The van der Waals surface area contributed by atoms with Crippen LogP contribution in [0.15, 0.2) is 16.3 Å². The molecular weight excluding hydrogens is 324 g/mol. The third kappa shape index (κ3) is 3.19. The van der Waals surface area contributed by atoms with E-state index in [1.807, 2.05) is 0 Å². The zero-order chi connectivity index (χ0) is 15.6. The Kier molecular flexibility index (Phi) is 4.82. The molecule has 1 atom stereocenters. The number of hydrogen-bond donors (Lipinski definition) is 1. The highest BCUT2D eigenvalue weighted by atomic mass is 32.2. The first-order chi connectivity index (χ1) is 10.6. The highest BCUT2D eigenvalue weighted by molar-refractivity contribution is 7.89. The van der Waals surface area contributed by atoms with Crippen LogP contribution >= 0.6 is 11.3 Å². The summed E-state index contributed by atoms with van der Waals surface area (Å²) in [6, 6.07) is 1.53. The smallest absolute Gasteiger partial charge is 0.262 e. The molecule has 0 spiro atoms. The molecular formula is C14H20N2O4S2. The van der Waals surface area contributed by atoms with E-state index in [0.717, 1.165) is 32.3 Å². The Bertz CT molecular complexity index is 629. The Morgan fingerprint density at radius 1 is 1.36 bits per heavy atom. The third-order valence-corrected chi connectivity index (χ3v) is 7.02. The van der Waals surface area contributed by atoms with Gasteiger partial charge in [-0.3, -0.25) is 4.79 Å². The molecule has 2 aliphatic heterocycles. The van der Waals surface area contributed by atoms with Crippen molar-refractivity contribution in [3.05, 3.63) is 16.3 Å². The SMILES string of the molecule is O=C(NC[C@H]1CCCO1)c1sccc1S(=O)(=O)N1CCCC1. The van der Waals surface area contributed by atoms with Gasteiger partial charge in [-0.05, 0) is 37.1 Å². The van der Waals surface area contributed by atoms with E-state index in [1.165, 1.54) is 21.7 Å². The van der Waals surface area contributed by atoms with E-state index in [0.29, 0.717) is 19.6 Å². The van der Waals surface area contributed by atoms with Gasteiger partial charge in [-0.15, -0.1) is 11.3 Å². The molecule has 2 aliphatic rings. The van der Waals surface area contributed by atoms with Crippen LogP contribution in [0.4, 0.5) is 0 Å². The van der Waals surface area contributed by atoms with Crippen LogP contribution in [0.2, 0.25) is 0 Å². The van der Waals surface area contributed by atoms with Gasteiger partial charge in [-0.2, -0.15) is 4.31 Å². The molecule has 0 aromatic carbocycles. The number of nitrogens with one attached hydrogen (secondary N) is 1. The first kappa shape index (κ1) is 15.9. The maximum Gasteiger partial charge on any atom is 0.262 e. The lowest BCUT2D eigenvalue weighted by Gasteiger charge is -2.16. The van der Waals surface area contributed by atoms with E-state index >= 15 is 0 Å². The Labute approximate surface area is 134 Å². The Hall–Kier alpha value is -0.960. The van der Waals surface area contributed by atoms with Gasteiger partial charge < -0.3 is 10.1 Å². The van der Waals surface area contributed by atoms with Crippen LogP contribution < -0.4 is 5.32 Å². The highest BCUT2D eigenvalue weighted by Crippen LogP contribution is 2.27. The predicted molar refractivity (Wildman–Crippen MR) is 83.6 cm³/mol. The molecule has 1 N–H and O–H groups in total. The van der Waals surface area contributed by atoms with Crippen LogP contribution in [0, 0.1) is 0 Å². The normalized spacial score (nSPS) is 23.0. The summed E-state index contributed by atoms with van der Waals surface area (Å²) in [5, 5.41) is 4.45. The Morgan fingerprint density at radius 2 is 2.14 bits per heavy atom. The number of carbonyl (C=O) groups excluding carboxylic acids is 1. The van der Waals surface area contributed by atoms with Crippen molar-refractivity contribution in [3.8, 4) is 0 Å². The maximum atomic E-state index is 12.6. The van der Waals surface area contributed by atoms with Gasteiger partial charge in [0.1, 0.15) is 9.77 Å². The number of thiophene rings is 1. The summed E-state index contributed by atoms with van der Waals surface area (Å²) in [4.78, 5) is 12.7. The first-order valence-corrected chi connectivity index (χ1v) is 9.88. The molecule has 3 heterocycles. The number of hydrogen-bond acceptors (Lipinski definition) is 5. The van der Waals surface area contributed by atoms with Gasteiger partial charge in [0.05, 0.1) is 6.10 Å². The predicted octanol–water partition coefficient (Wildman–Crippen LogP) is 1.44. The molecule has 1 aromatic heterocycles. The van der Waals surface area contributed by atoms with Crippen molar-refractivity contribution in [2.24, 2.45) is 0 Å². The van der Waals surface area contributed by atoms with Crippen LogP contribution in [0.1, 0.15) is 35.4 Å². The van der Waals surface area contributed by atoms with Gasteiger partial charge in [-0.25, -0.2) is 8.42 Å². The molecule has 0 aliphatic carbocycles. The minimum atomic E-state index is -3.56. The second-order valence-corrected chi connectivity index (χ2v) is 8.39. The van der Waals surface area contributed by atoms with Gasteiger partial charge in [0.25, 0.3) is 5.91 Å². The van der Waals surface area contributed by atoms with Crippen molar-refractivity contribution in [1.29, 1.82) is 0 Å². The van der Waals surface area contributed by atoms with E-state index < -0.39 is 10.0 Å². The summed E-state index contributed by atoms with van der Waals surface area (Å²) >= 11 is 1.17. The van der Waals surface area contributed by atoms with E-state index in [9.17, 15) is 13.2 Å². The second kappa shape index (κ2) is 6.66. The number of ether oxygens (including phenoxy) is 1. The molecule has 0 radical (unpaired) electrons. The minimum absolute atomic E-state index is 0.0440. The Morgan fingerprint density at radius 3 is 2.82 bits per heavy atom. The number of nitrogens with zero attached hydrogens (tertiary/aromatic N) is 1. The molecule has 0 saturated carbocycles. The summed E-state index contributed by atoms with van der Waals surface area (Å²) < 4.78 is 32.1. The van der Waals surface area contributed by atoms with Gasteiger partial charge in [0, 0.05) is 26.2 Å². The Balaban J connectivity index is 1.72. The van der Waals surface area contributed by atoms with E-state index in [2.05, 4.69) is 5.32 Å². The molecule has 8 heteroatoms. The lowest BCUT2D eigenvalue weighted by molar-refractivity contribution is 0.0858. The van der Waals surface area contributed by atoms with Gasteiger partial charge >= 0.3 is 0 Å². The highest BCUT2D eigenvalue weighted by Gasteiger charge is 2.32. The van der Waals surface area contributed by atoms with E-state index in [-0.39, 0.29) is 21.8 Å². The van der Waals surface area contributed by atoms with E-state index in [4.69, 9.17) is 4.74 Å². The molecule has 2 saturated heterocycles. The minimum Gasteiger partial charge on any atom is -0.376 e. The van der Waals surface area contributed by atoms with E-state index in [1.54, 1.807) is 5.38 Å². The van der Waals surface area contributed by atoms with Crippen LogP contribution in [-0.2, 0) is 14.8 Å². The molecule has 122 valence electrons. The number of carbonyl (C=O) groups is 1. The molecule has 1 amide bonds. The van der Waals surface area contributed by atoms with Crippen molar-refractivity contribution in [1.82, 2.24) is 9.62 Å². The number of rotatable bonds is 5. The van der Waals surface area contributed by atoms with Crippen molar-refractivity contribution in [2.45, 2.75) is 36.7 Å². The first-order valence-electron chi connectivity index (χ1n) is 7.56. The topological polar surface area (TPSA) is 75.7 Å². The standard InChI is InChI=1S/C14H20N2O4S2/c17-14(15-10-11-4-3-8-20-11)13-12(5-9-21-13)22(18,19)16-6-1-2-7-16/h5,9,11H,1-4,6-8,10H2,(H,15,17)/t11-/m1/s1. The van der Waals surface area contributed by atoms with Crippen molar-refractivity contribution < 1.29 is 17.9 Å². The summed E-state index contributed by atoms with van der Waals surface area (Å²) in [5.74, 6) is -0.330. The lowest BCUT2D eigenvalue weighted by Crippen LogP contribution is -2.33. The fourth-order valence-corrected chi connectivity index (χ4v) is 5.66. The van der Waals surface area contributed by atoms with Crippen molar-refractivity contribution in [3.63, 3.8) is 0 Å². The second-order valence-electron chi connectivity index (χ2n) is 5.57. The molecule has 6 nitrogen and oxygen atoms in total. The molecule has 3 rings (SSSR count). The third-order valence-electron chi connectivity index (χ3n) is 4.03. The summed E-state index contributed by atoms with van der Waals surface area (Å²) in [6.07, 6.45) is 3.74. The largest absolute Gasteiger partial charge is 0.376 e. The number of sulfonamides is 1. The van der Waals surface area contributed by atoms with Crippen LogP contribution in [0.3, 0.4) is 0 Å². The summed E-state index contributed by atoms with van der Waals surface area (Å²) in [6.45, 7) is 2.23. The monoisotopic (exact) mass is 344 g/mol. The summed E-state index contributed by atoms with van der Waals surface area (Å²) in [5.41, 5.74) is 0. The molecule has 1 aromatic rings. The van der Waals surface area contributed by atoms with Crippen LogP contribution in [-0.4, -0.2) is 51.0 Å². The van der Waals surface area contributed by atoms with Gasteiger partial charge in [-0.1, -0.05) is 0 Å². The number of amides is 1. The summed E-state index contributed by atoms with van der Waals surface area (Å²) in [7, 11) is -3.56.